The molecule has 0 aromatic carbocycles. The molecule has 0 fully saturated rings. The minimum atomic E-state index is 0.00103. The van der Waals surface area contributed by atoms with Crippen LogP contribution in [-0.4, -0.2) is 14.8 Å². The van der Waals surface area contributed by atoms with Crippen molar-refractivity contribution in [3.8, 4) is 0 Å². The Labute approximate surface area is 35.6 Å². The maximum absolute atomic E-state index is 2.27. The van der Waals surface area contributed by atoms with E-state index in [0.717, 1.165) is 0 Å². The fourth-order valence-electron chi connectivity index (χ4n) is 0. The molecule has 0 radical (unpaired) electrons. The summed E-state index contributed by atoms with van der Waals surface area (Å²) in [4.78, 5) is 0. The Morgan fingerprint density at radius 1 is 1.40 bits per heavy atom. The standard InChI is InChI=1S/C3H9BSi/c1-4-5(2)3/h1-3H3. The summed E-state index contributed by atoms with van der Waals surface area (Å²) >= 11 is 0. The second-order valence-electron chi connectivity index (χ2n) is 1.37. The van der Waals surface area contributed by atoms with Crippen molar-refractivity contribution in [2.24, 2.45) is 0 Å². The number of hydrogen-bond donors (Lipinski definition) is 0. The normalized spacial score (nSPS) is 6.20. The minimum absolute atomic E-state index is 0.00103. The Bertz CT molecular complexity index is 44.9. The van der Waals surface area contributed by atoms with Crippen LogP contribution >= 0.6 is 0 Å². The molecule has 0 unspecified atom stereocenters. The van der Waals surface area contributed by atoms with E-state index in [9.17, 15) is 0 Å². The molecule has 0 amide bonds. The third-order valence-corrected chi connectivity index (χ3v) is 1.73. The molecule has 0 rings (SSSR count). The van der Waals surface area contributed by atoms with Crippen LogP contribution in [0.3, 0.4) is 0 Å². The van der Waals surface area contributed by atoms with E-state index in [2.05, 4.69) is 26.4 Å². The Balaban J connectivity index is 3.14. The van der Waals surface area contributed by atoms with Crippen LogP contribution in [-0.2, 0) is 0 Å². The van der Waals surface area contributed by atoms with Crippen LogP contribution in [0.1, 0.15) is 0 Å². The molecule has 5 heavy (non-hydrogen) atoms. The zero-order valence-corrected chi connectivity index (χ0v) is 5.08. The van der Waals surface area contributed by atoms with Gasteiger partial charge in [-0.15, -0.1) is 0 Å². The quantitative estimate of drug-likeness (QED) is 0.384. The van der Waals surface area contributed by atoms with E-state index in [0.29, 0.717) is 0 Å². The van der Waals surface area contributed by atoms with E-state index in [1.807, 2.05) is 0 Å². The van der Waals surface area contributed by atoms with Crippen LogP contribution in [0.5, 0.6) is 0 Å². The van der Waals surface area contributed by atoms with Gasteiger partial charge >= 0.3 is 34.7 Å². The summed E-state index contributed by atoms with van der Waals surface area (Å²) in [7, 11) is 0.00103. The van der Waals surface area contributed by atoms with Crippen molar-refractivity contribution in [2.45, 2.75) is 19.9 Å². The van der Waals surface area contributed by atoms with E-state index in [1.54, 1.807) is 0 Å². The Hall–Kier alpha value is 0.282. The van der Waals surface area contributed by atoms with Gasteiger partial charge in [-0.25, -0.2) is 0 Å². The van der Waals surface area contributed by atoms with E-state index in [-0.39, 0.29) is 8.27 Å². The average molecular weight is 84.0 g/mol. The molecule has 0 saturated carbocycles. The van der Waals surface area contributed by atoms with E-state index >= 15 is 0 Å². The molecule has 0 spiro atoms. The summed E-state index contributed by atoms with van der Waals surface area (Å²) in [6.45, 7) is 8.92. The summed E-state index contributed by atoms with van der Waals surface area (Å²) in [6.07, 6.45) is 0. The van der Waals surface area contributed by atoms with Crippen molar-refractivity contribution in [2.75, 3.05) is 0 Å². The topological polar surface area (TPSA) is 0 Å². The van der Waals surface area contributed by atoms with Gasteiger partial charge in [-0.3, -0.25) is 0 Å². The van der Waals surface area contributed by atoms with Gasteiger partial charge in [0, 0.05) is 0 Å². The Morgan fingerprint density at radius 3 is 1.60 bits per heavy atom. The summed E-state index contributed by atoms with van der Waals surface area (Å²) in [5.74, 6) is 0. The van der Waals surface area contributed by atoms with E-state index < -0.39 is 0 Å². The van der Waals surface area contributed by atoms with Gasteiger partial charge in [0.1, 0.15) is 0 Å². The molecule has 0 saturated heterocycles. The zero-order chi connectivity index (χ0) is 4.28. The summed E-state index contributed by atoms with van der Waals surface area (Å²) in [5.41, 5.74) is 0. The van der Waals surface area contributed by atoms with Gasteiger partial charge in [0.25, 0.3) is 0 Å². The molecular weight excluding hydrogens is 74.9 g/mol. The van der Waals surface area contributed by atoms with Gasteiger partial charge in [-0.2, -0.15) is 0 Å². The molecule has 2 heteroatoms. The second kappa shape index (κ2) is 2.52. The molecule has 0 N–H and O–H groups in total. The molecule has 0 aliphatic rings. The third kappa shape index (κ3) is 4.28. The van der Waals surface area contributed by atoms with Crippen LogP contribution in [0.2, 0.25) is 19.9 Å². The number of rotatable bonds is 0. The predicted molar refractivity (Wildman–Crippen MR) is 29.1 cm³/mol. The predicted octanol–water partition coefficient (Wildman–Crippen LogP) is 0.990. The Kier molecular flexibility index (Phi) is 2.66. The first kappa shape index (κ1) is 5.28. The first-order chi connectivity index (χ1) is 2.27. The summed E-state index contributed by atoms with van der Waals surface area (Å²) in [6, 6.07) is 0. The van der Waals surface area contributed by atoms with Gasteiger partial charge < -0.3 is 0 Å². The van der Waals surface area contributed by atoms with Gasteiger partial charge in [-0.1, -0.05) is 0 Å². The van der Waals surface area contributed by atoms with Gasteiger partial charge in [0.15, 0.2) is 0 Å². The molecule has 0 aromatic rings. The van der Waals surface area contributed by atoms with E-state index in [4.69, 9.17) is 0 Å². The fraction of sp³-hybridized carbons (Fsp3) is 1.00. The maximum atomic E-state index is 2.27. The van der Waals surface area contributed by atoms with Crippen molar-refractivity contribution in [1.29, 1.82) is 0 Å². The second-order valence-corrected chi connectivity index (χ2v) is 4.10. The SMILES string of the molecule is CB=[Si](C)C. The summed E-state index contributed by atoms with van der Waals surface area (Å²) < 4.78 is 0. The molecular formula is C3H9BSi. The third-order valence-electron chi connectivity index (χ3n) is 0.577. The van der Waals surface area contributed by atoms with Crippen LogP contribution < -0.4 is 0 Å². The molecule has 0 heterocycles. The first-order valence-electron chi connectivity index (χ1n) is 1.87. The van der Waals surface area contributed by atoms with Gasteiger partial charge in [0.05, 0.1) is 0 Å². The van der Waals surface area contributed by atoms with Crippen molar-refractivity contribution in [3.05, 3.63) is 0 Å². The monoisotopic (exact) mass is 84.1 g/mol. The molecule has 0 atom stereocenters. The van der Waals surface area contributed by atoms with Crippen LogP contribution in [0.25, 0.3) is 0 Å². The zero-order valence-electron chi connectivity index (χ0n) is 4.08. The number of hydrogen-bond acceptors (Lipinski definition) is 0. The molecule has 0 aliphatic carbocycles. The first-order valence-corrected chi connectivity index (χ1v) is 4.44. The van der Waals surface area contributed by atoms with Crippen LogP contribution in [0.15, 0.2) is 0 Å². The van der Waals surface area contributed by atoms with Crippen LogP contribution in [0.4, 0.5) is 0 Å². The fourth-order valence-corrected chi connectivity index (χ4v) is 0. The molecule has 28 valence electrons. The summed E-state index contributed by atoms with van der Waals surface area (Å²) in [5, 5.41) is 0. The molecule has 0 bridgehead atoms. The van der Waals surface area contributed by atoms with Crippen molar-refractivity contribution >= 4 is 14.8 Å². The van der Waals surface area contributed by atoms with Crippen molar-refractivity contribution < 1.29 is 0 Å². The van der Waals surface area contributed by atoms with Gasteiger partial charge in [0.2, 0.25) is 0 Å². The molecule has 0 aromatic heterocycles. The van der Waals surface area contributed by atoms with E-state index in [1.165, 1.54) is 0 Å². The van der Waals surface area contributed by atoms with Crippen LogP contribution in [0, 0.1) is 0 Å². The van der Waals surface area contributed by atoms with Crippen molar-refractivity contribution in [1.82, 2.24) is 0 Å². The Morgan fingerprint density at radius 2 is 1.60 bits per heavy atom. The molecule has 0 nitrogen and oxygen atoms in total. The van der Waals surface area contributed by atoms with Gasteiger partial charge in [-0.05, 0) is 0 Å². The van der Waals surface area contributed by atoms with Crippen molar-refractivity contribution in [3.63, 3.8) is 0 Å². The average Bonchev–Trinajstić information content (AvgIpc) is 1.38. The molecule has 0 aliphatic heterocycles.